The summed E-state index contributed by atoms with van der Waals surface area (Å²) >= 11 is 1.70. The Balaban J connectivity index is 1.28. The van der Waals surface area contributed by atoms with E-state index in [9.17, 15) is 9.90 Å². The summed E-state index contributed by atoms with van der Waals surface area (Å²) in [7, 11) is 0. The van der Waals surface area contributed by atoms with Crippen LogP contribution in [0, 0.1) is 0 Å². The Morgan fingerprint density at radius 1 is 1.22 bits per heavy atom. The molecule has 3 aliphatic rings. The van der Waals surface area contributed by atoms with Crippen molar-refractivity contribution in [3.63, 3.8) is 0 Å². The molecule has 1 atom stereocenters. The van der Waals surface area contributed by atoms with E-state index in [4.69, 9.17) is 5.10 Å². The lowest BCUT2D eigenvalue weighted by atomic mass is 9.99. The van der Waals surface area contributed by atoms with Gasteiger partial charge < -0.3 is 10.0 Å². The van der Waals surface area contributed by atoms with Crippen LogP contribution in [0.5, 0.6) is 0 Å². The Morgan fingerprint density at radius 2 is 2.11 bits per heavy atom. The number of carbonyl (C=O) groups is 1. The van der Waals surface area contributed by atoms with Gasteiger partial charge in [0.2, 0.25) is 0 Å². The largest absolute Gasteiger partial charge is 0.392 e. The average Bonchev–Trinajstić information content (AvgIpc) is 3.38. The molecule has 1 aliphatic carbocycles. The minimum Gasteiger partial charge on any atom is -0.392 e. The highest BCUT2D eigenvalue weighted by atomic mass is 32.1. The van der Waals surface area contributed by atoms with Crippen molar-refractivity contribution in [2.75, 3.05) is 19.6 Å². The van der Waals surface area contributed by atoms with Crippen LogP contribution in [0.3, 0.4) is 0 Å². The molecule has 0 aromatic carbocycles. The molecule has 2 aromatic rings. The zero-order chi connectivity index (χ0) is 18.4. The molecule has 1 amide bonds. The zero-order valence-corrected chi connectivity index (χ0v) is 16.4. The Morgan fingerprint density at radius 3 is 2.93 bits per heavy atom. The monoisotopic (exact) mass is 386 g/mol. The fraction of sp³-hybridized carbons (Fsp3) is 0.600. The van der Waals surface area contributed by atoms with E-state index in [1.807, 2.05) is 9.58 Å². The number of amides is 1. The first-order valence-corrected chi connectivity index (χ1v) is 10.8. The van der Waals surface area contributed by atoms with Crippen LogP contribution in [0.15, 0.2) is 12.1 Å². The second-order valence-electron chi connectivity index (χ2n) is 8.02. The smallest absolute Gasteiger partial charge is 0.264 e. The van der Waals surface area contributed by atoms with Crippen molar-refractivity contribution in [1.29, 1.82) is 0 Å². The van der Waals surface area contributed by atoms with Crippen molar-refractivity contribution in [3.8, 4) is 0 Å². The summed E-state index contributed by atoms with van der Waals surface area (Å²) in [4.78, 5) is 19.6. The van der Waals surface area contributed by atoms with Crippen LogP contribution in [-0.4, -0.2) is 56.3 Å². The second kappa shape index (κ2) is 7.04. The van der Waals surface area contributed by atoms with Gasteiger partial charge >= 0.3 is 0 Å². The van der Waals surface area contributed by atoms with E-state index < -0.39 is 0 Å². The van der Waals surface area contributed by atoms with Gasteiger partial charge in [-0.2, -0.15) is 5.10 Å². The fourth-order valence-electron chi connectivity index (χ4n) is 4.51. The summed E-state index contributed by atoms with van der Waals surface area (Å²) in [5.74, 6) is 0.172. The molecular formula is C20H26N4O2S. The Labute approximate surface area is 163 Å². The maximum atomic E-state index is 13.0. The van der Waals surface area contributed by atoms with Gasteiger partial charge in [0.05, 0.1) is 35.5 Å². The van der Waals surface area contributed by atoms with Crippen LogP contribution in [0.2, 0.25) is 0 Å². The molecule has 2 aliphatic heterocycles. The van der Waals surface area contributed by atoms with Gasteiger partial charge in [-0.1, -0.05) is 0 Å². The van der Waals surface area contributed by atoms with Crippen LogP contribution >= 0.6 is 11.3 Å². The summed E-state index contributed by atoms with van der Waals surface area (Å²) in [6.45, 7) is 4.55. The van der Waals surface area contributed by atoms with Crippen molar-refractivity contribution in [3.05, 3.63) is 38.8 Å². The lowest BCUT2D eigenvalue weighted by Crippen LogP contribution is -2.38. The number of aryl methyl sites for hydroxylation is 2. The third-order valence-electron chi connectivity index (χ3n) is 5.98. The van der Waals surface area contributed by atoms with E-state index in [1.165, 1.54) is 23.3 Å². The van der Waals surface area contributed by atoms with E-state index in [1.54, 1.807) is 11.3 Å². The van der Waals surface area contributed by atoms with Gasteiger partial charge in [-0.3, -0.25) is 14.4 Å². The van der Waals surface area contributed by atoms with Crippen LogP contribution in [-0.2, 0) is 32.5 Å². The van der Waals surface area contributed by atoms with Crippen LogP contribution in [0.1, 0.15) is 50.8 Å². The molecule has 0 spiro atoms. The molecule has 0 bridgehead atoms. The number of hydrogen-bond donors (Lipinski definition) is 1. The third-order valence-corrected chi connectivity index (χ3v) is 7.20. The summed E-state index contributed by atoms with van der Waals surface area (Å²) in [5, 5.41) is 14.4. The standard InChI is InChI=1S/C20H26N4O2S/c25-17-5-6-22(13-17)11-15-10-16-12-23(7-8-24(16)21-15)20(26)19-9-14-3-1-2-4-18(14)27-19/h9-10,17,25H,1-8,11-13H2. The molecule has 27 heavy (non-hydrogen) atoms. The molecule has 1 N–H and O–H groups in total. The highest BCUT2D eigenvalue weighted by Crippen LogP contribution is 2.31. The quantitative estimate of drug-likeness (QED) is 0.877. The lowest BCUT2D eigenvalue weighted by Gasteiger charge is -2.27. The summed E-state index contributed by atoms with van der Waals surface area (Å²) in [5.41, 5.74) is 3.55. The van der Waals surface area contributed by atoms with E-state index in [0.717, 1.165) is 68.3 Å². The molecule has 0 radical (unpaired) electrons. The summed E-state index contributed by atoms with van der Waals surface area (Å²) in [6, 6.07) is 4.26. The number of β-amino-alcohol motifs (C(OH)–C–C–N with tert-alkyl or cyclic N) is 1. The summed E-state index contributed by atoms with van der Waals surface area (Å²) < 4.78 is 2.05. The minimum absolute atomic E-state index is 0.172. The van der Waals surface area contributed by atoms with Crippen molar-refractivity contribution in [2.24, 2.45) is 0 Å². The van der Waals surface area contributed by atoms with Crippen molar-refractivity contribution in [2.45, 2.75) is 57.8 Å². The molecule has 6 nitrogen and oxygen atoms in total. The van der Waals surface area contributed by atoms with E-state index in [2.05, 4.69) is 17.0 Å². The number of likely N-dealkylation sites (tertiary alicyclic amines) is 1. The molecule has 7 heteroatoms. The Kier molecular flexibility index (Phi) is 4.53. The first-order chi connectivity index (χ1) is 13.2. The highest BCUT2D eigenvalue weighted by Gasteiger charge is 2.27. The van der Waals surface area contributed by atoms with E-state index in [-0.39, 0.29) is 12.0 Å². The van der Waals surface area contributed by atoms with Gasteiger partial charge in [-0.25, -0.2) is 0 Å². The number of carbonyl (C=O) groups excluding carboxylic acids is 1. The predicted octanol–water partition coefficient (Wildman–Crippen LogP) is 2.05. The van der Waals surface area contributed by atoms with E-state index >= 15 is 0 Å². The summed E-state index contributed by atoms with van der Waals surface area (Å²) in [6.07, 6.45) is 5.40. The van der Waals surface area contributed by atoms with Crippen molar-refractivity contribution >= 4 is 17.2 Å². The molecule has 2 aromatic heterocycles. The normalized spacial score (nSPS) is 22.7. The van der Waals surface area contributed by atoms with Crippen molar-refractivity contribution < 1.29 is 9.90 Å². The number of hydrogen-bond acceptors (Lipinski definition) is 5. The minimum atomic E-state index is -0.202. The number of fused-ring (bicyclic) bond motifs is 2. The second-order valence-corrected chi connectivity index (χ2v) is 9.16. The Bertz CT molecular complexity index is 835. The number of aromatic nitrogens is 2. The first-order valence-electron chi connectivity index (χ1n) is 10.0. The molecule has 1 fully saturated rings. The number of nitrogens with zero attached hydrogens (tertiary/aromatic N) is 4. The number of aliphatic hydroxyl groups excluding tert-OH is 1. The van der Waals surface area contributed by atoms with Gasteiger partial charge in [0.25, 0.3) is 5.91 Å². The third kappa shape index (κ3) is 3.44. The van der Waals surface area contributed by atoms with Crippen molar-refractivity contribution in [1.82, 2.24) is 19.6 Å². The first kappa shape index (κ1) is 17.4. The Hall–Kier alpha value is -1.70. The fourth-order valence-corrected chi connectivity index (χ4v) is 5.73. The molecule has 0 saturated carbocycles. The molecular weight excluding hydrogens is 360 g/mol. The molecule has 5 rings (SSSR count). The lowest BCUT2D eigenvalue weighted by molar-refractivity contribution is 0.0711. The van der Waals surface area contributed by atoms with Gasteiger partial charge in [-0.15, -0.1) is 11.3 Å². The van der Waals surface area contributed by atoms with Gasteiger partial charge in [0.1, 0.15) is 0 Å². The molecule has 1 unspecified atom stereocenters. The zero-order valence-electron chi connectivity index (χ0n) is 15.6. The average molecular weight is 387 g/mol. The maximum absolute atomic E-state index is 13.0. The van der Waals surface area contributed by atoms with Crippen LogP contribution in [0.25, 0.3) is 0 Å². The molecule has 1 saturated heterocycles. The van der Waals surface area contributed by atoms with Crippen LogP contribution in [0.4, 0.5) is 0 Å². The topological polar surface area (TPSA) is 61.6 Å². The van der Waals surface area contributed by atoms with Gasteiger partial charge in [0.15, 0.2) is 0 Å². The van der Waals surface area contributed by atoms with E-state index in [0.29, 0.717) is 6.54 Å². The van der Waals surface area contributed by atoms with Gasteiger partial charge in [-0.05, 0) is 49.8 Å². The van der Waals surface area contributed by atoms with Crippen LogP contribution < -0.4 is 0 Å². The highest BCUT2D eigenvalue weighted by molar-refractivity contribution is 7.14. The molecule has 4 heterocycles. The maximum Gasteiger partial charge on any atom is 0.264 e. The predicted molar refractivity (Wildman–Crippen MR) is 104 cm³/mol. The number of aliphatic hydroxyl groups is 1. The molecule has 144 valence electrons. The number of rotatable bonds is 3. The van der Waals surface area contributed by atoms with Gasteiger partial charge in [0, 0.05) is 31.1 Å². The SMILES string of the molecule is O=C(c1cc2c(s1)CCCC2)N1CCn2nc(CN3CCC(O)C3)cc2C1. The number of thiophene rings is 1.